The molecular formula is C60H78N8O10S2. The molecule has 8 atom stereocenters. The summed E-state index contributed by atoms with van der Waals surface area (Å²) in [6.45, 7) is 7.61. The number of sulfonamides is 2. The van der Waals surface area contributed by atoms with Crippen LogP contribution in [0.25, 0.3) is 0 Å². The minimum Gasteiger partial charge on any atom is -0.363 e. The Morgan fingerprint density at radius 1 is 0.550 bits per heavy atom. The zero-order chi connectivity index (χ0) is 57.7. The van der Waals surface area contributed by atoms with Crippen molar-refractivity contribution in [2.24, 2.45) is 0 Å². The molecule has 0 radical (unpaired) electrons. The fourth-order valence-electron chi connectivity index (χ4n) is 9.64. The summed E-state index contributed by atoms with van der Waals surface area (Å²) in [6, 6.07) is 31.3. The Hall–Kier alpha value is -6.46. The van der Waals surface area contributed by atoms with Gasteiger partial charge < -0.3 is 40.5 Å². The van der Waals surface area contributed by atoms with Gasteiger partial charge in [0.05, 0.1) is 34.1 Å². The van der Waals surface area contributed by atoms with Crippen LogP contribution in [0.5, 0.6) is 0 Å². The van der Waals surface area contributed by atoms with Gasteiger partial charge in [0, 0.05) is 51.4 Å². The number of carbonyl (C=O) groups excluding carboxylic acids is 4. The summed E-state index contributed by atoms with van der Waals surface area (Å²) in [5, 5.41) is 11.5. The molecule has 4 N–H and O–H groups in total. The lowest BCUT2D eigenvalue weighted by Crippen LogP contribution is -2.58. The van der Waals surface area contributed by atoms with Crippen molar-refractivity contribution in [3.8, 4) is 23.7 Å². The van der Waals surface area contributed by atoms with E-state index in [-0.39, 0.29) is 49.2 Å². The summed E-state index contributed by atoms with van der Waals surface area (Å²) in [7, 11) is -4.61. The fourth-order valence-corrected chi connectivity index (χ4v) is 12.6. The minimum absolute atomic E-state index is 0.0594. The fraction of sp³-hybridized carbons (Fsp3) is 0.467. The van der Waals surface area contributed by atoms with Crippen molar-refractivity contribution < 1.29 is 45.5 Å². The van der Waals surface area contributed by atoms with Crippen molar-refractivity contribution in [1.82, 2.24) is 39.7 Å². The largest absolute Gasteiger partial charge is 0.363 e. The first-order valence-electron chi connectivity index (χ1n) is 27.4. The zero-order valence-corrected chi connectivity index (χ0v) is 48.4. The second kappa shape index (κ2) is 30.9. The van der Waals surface area contributed by atoms with Crippen molar-refractivity contribution in [3.05, 3.63) is 132 Å². The van der Waals surface area contributed by atoms with Gasteiger partial charge in [-0.15, -0.1) is 0 Å². The maximum absolute atomic E-state index is 14.6. The molecule has 0 aliphatic carbocycles. The third kappa shape index (κ3) is 17.5. The number of benzene rings is 4. The molecule has 0 saturated carbocycles. The van der Waals surface area contributed by atoms with Gasteiger partial charge in [0.25, 0.3) is 0 Å². The Bertz CT molecular complexity index is 2790. The molecule has 0 aromatic heterocycles. The number of rotatable bonds is 28. The molecule has 4 amide bonds. The van der Waals surface area contributed by atoms with Gasteiger partial charge in [-0.05, 0) is 128 Å². The average molecular weight is 1140 g/mol. The van der Waals surface area contributed by atoms with E-state index in [0.717, 1.165) is 11.1 Å². The number of hydrogen-bond donors (Lipinski definition) is 4. The van der Waals surface area contributed by atoms with Gasteiger partial charge in [0.1, 0.15) is 25.3 Å². The molecule has 2 fully saturated rings. The first-order chi connectivity index (χ1) is 38.5. The molecule has 20 heteroatoms. The highest BCUT2D eigenvalue weighted by molar-refractivity contribution is 7.89. The van der Waals surface area contributed by atoms with Crippen LogP contribution in [-0.2, 0) is 61.5 Å². The van der Waals surface area contributed by atoms with Gasteiger partial charge >= 0.3 is 0 Å². The second-order valence-electron chi connectivity index (χ2n) is 20.1. The molecular weight excluding hydrogens is 1060 g/mol. The first kappa shape index (κ1) is 62.7. The van der Waals surface area contributed by atoms with Crippen LogP contribution in [0.3, 0.4) is 0 Å². The van der Waals surface area contributed by atoms with Crippen LogP contribution in [0.15, 0.2) is 131 Å². The molecule has 0 spiro atoms. The smallest absolute Gasteiger partial charge is 0.248 e. The van der Waals surface area contributed by atoms with Crippen LogP contribution in [-0.4, -0.2) is 174 Å². The number of nitrogens with one attached hydrogen (secondary N) is 4. The SMILES string of the molecule is CN[C@@H](C)C(=O)N[C@H](C(=O)N1CCC[C@H]1CN(CCc1ccccc1)S(=O)(=O)c1ccccc1)[C@@H](C)OCC#CC#CCO[C@H](C)[C@H](NC(=O)[C@H](C)NC)C(=O)N1CCC[C@H]1CN(CCc1ccccc1)S(=O)(=O)c1ccccc1. The lowest BCUT2D eigenvalue weighted by Gasteiger charge is -2.34. The Morgan fingerprint density at radius 3 is 1.23 bits per heavy atom. The Kier molecular flexibility index (Phi) is 24.3. The number of ether oxygens (including phenoxy) is 2. The molecule has 430 valence electrons. The van der Waals surface area contributed by atoms with Crippen LogP contribution in [0.1, 0.15) is 64.5 Å². The normalized spacial score (nSPS) is 17.8. The Balaban J connectivity index is 1.10. The summed E-state index contributed by atoms with van der Waals surface area (Å²) in [4.78, 5) is 59.4. The van der Waals surface area contributed by atoms with Crippen LogP contribution in [0, 0.1) is 23.7 Å². The van der Waals surface area contributed by atoms with E-state index in [0.29, 0.717) is 51.6 Å². The summed E-state index contributed by atoms with van der Waals surface area (Å²) < 4.78 is 71.6. The van der Waals surface area contributed by atoms with E-state index in [1.165, 1.54) is 8.61 Å². The summed E-state index contributed by atoms with van der Waals surface area (Å²) in [5.41, 5.74) is 1.96. The molecule has 80 heavy (non-hydrogen) atoms. The quantitative estimate of drug-likeness (QED) is 0.0598. The molecule has 18 nitrogen and oxygen atoms in total. The molecule has 2 aliphatic rings. The molecule has 4 aromatic rings. The Labute approximate surface area is 473 Å². The molecule has 0 bridgehead atoms. The first-order valence-corrected chi connectivity index (χ1v) is 30.3. The van der Waals surface area contributed by atoms with E-state index < -0.39 is 92.1 Å². The van der Waals surface area contributed by atoms with Crippen LogP contribution in [0.4, 0.5) is 0 Å². The summed E-state index contributed by atoms with van der Waals surface area (Å²) in [5.74, 6) is 9.48. The predicted octanol–water partition coefficient (Wildman–Crippen LogP) is 3.84. The zero-order valence-electron chi connectivity index (χ0n) is 46.8. The van der Waals surface area contributed by atoms with Gasteiger partial charge in [0.15, 0.2) is 0 Å². The minimum atomic E-state index is -3.94. The highest BCUT2D eigenvalue weighted by atomic mass is 32.2. The van der Waals surface area contributed by atoms with E-state index >= 15 is 0 Å². The van der Waals surface area contributed by atoms with Gasteiger partial charge in [0.2, 0.25) is 43.7 Å². The van der Waals surface area contributed by atoms with Crippen molar-refractivity contribution in [1.29, 1.82) is 0 Å². The Morgan fingerprint density at radius 2 is 0.887 bits per heavy atom. The van der Waals surface area contributed by atoms with Crippen molar-refractivity contribution in [3.63, 3.8) is 0 Å². The molecule has 6 rings (SSSR count). The highest BCUT2D eigenvalue weighted by Gasteiger charge is 2.41. The van der Waals surface area contributed by atoms with Crippen molar-refractivity contribution >= 4 is 43.7 Å². The van der Waals surface area contributed by atoms with Gasteiger partial charge in [-0.3, -0.25) is 19.2 Å². The molecule has 4 aromatic carbocycles. The monoisotopic (exact) mass is 1130 g/mol. The second-order valence-corrected chi connectivity index (χ2v) is 24.0. The third-order valence-electron chi connectivity index (χ3n) is 14.7. The summed E-state index contributed by atoms with van der Waals surface area (Å²) >= 11 is 0. The number of likely N-dealkylation sites (tertiary alicyclic amines) is 2. The van der Waals surface area contributed by atoms with Gasteiger partial charge in [-0.2, -0.15) is 8.61 Å². The van der Waals surface area contributed by atoms with Crippen LogP contribution in [0.2, 0.25) is 0 Å². The lowest BCUT2D eigenvalue weighted by atomic mass is 10.1. The maximum atomic E-state index is 14.6. The van der Waals surface area contributed by atoms with Crippen LogP contribution >= 0.6 is 0 Å². The van der Waals surface area contributed by atoms with Crippen LogP contribution < -0.4 is 21.3 Å². The molecule has 2 saturated heterocycles. The lowest BCUT2D eigenvalue weighted by molar-refractivity contribution is -0.141. The van der Waals surface area contributed by atoms with E-state index in [9.17, 15) is 36.0 Å². The van der Waals surface area contributed by atoms with E-state index in [1.54, 1.807) is 112 Å². The topological polar surface area (TPSA) is 216 Å². The van der Waals surface area contributed by atoms with E-state index in [2.05, 4.69) is 44.9 Å². The van der Waals surface area contributed by atoms with Gasteiger partial charge in [-0.25, -0.2) is 16.8 Å². The number of hydrogen-bond acceptors (Lipinski definition) is 12. The predicted molar refractivity (Wildman–Crippen MR) is 307 cm³/mol. The third-order valence-corrected chi connectivity index (χ3v) is 18.5. The molecule has 2 aliphatic heterocycles. The average Bonchev–Trinajstić information content (AvgIpc) is 4.16. The van der Waals surface area contributed by atoms with Crippen molar-refractivity contribution in [2.45, 2.75) is 124 Å². The number of nitrogens with zero attached hydrogens (tertiary/aromatic N) is 4. The number of carbonyl (C=O) groups is 4. The molecule has 0 unspecified atom stereocenters. The van der Waals surface area contributed by atoms with Gasteiger partial charge in [-0.1, -0.05) is 109 Å². The highest BCUT2D eigenvalue weighted by Crippen LogP contribution is 2.27. The number of likely N-dealkylation sites (N-methyl/N-ethyl adjacent to an activating group) is 2. The maximum Gasteiger partial charge on any atom is 0.248 e. The number of amides is 4. The van der Waals surface area contributed by atoms with E-state index in [4.69, 9.17) is 9.47 Å². The van der Waals surface area contributed by atoms with E-state index in [1.807, 2.05) is 60.7 Å². The standard InChI is InChI=1S/C60H78N8O10S2/c1-45(61-5)57(69)63-55(59(71)67-37-23-29-51(67)43-65(39-35-49-25-13-9-14-26-49)79(73,74)53-31-17-11-18-32-53)47(3)77-41-21-7-8-22-42-78-48(4)56(64-58(70)46(2)62-6)60(72)68-38-24-30-52(68)44-66(40-36-50-27-15-10-16-28-50)80(75,76)54-33-19-12-20-34-54/h9-20,25-28,31-34,45-48,51-52,55-56,61-62H,23-24,29-30,35-44H2,1-6H3,(H,63,69)(H,64,70)/t45-,46-,47+,48+,51-,52-,55-,56-/m0/s1. The molecule has 2 heterocycles. The summed E-state index contributed by atoms with van der Waals surface area (Å²) in [6.07, 6.45) is 1.63. The van der Waals surface area contributed by atoms with Crippen molar-refractivity contribution in [2.75, 3.05) is 66.6 Å².